The van der Waals surface area contributed by atoms with E-state index in [1.54, 1.807) is 7.11 Å². The van der Waals surface area contributed by atoms with Crippen LogP contribution in [-0.4, -0.2) is 33.1 Å². The fourth-order valence-electron chi connectivity index (χ4n) is 3.09. The number of rotatable bonds is 3. The Morgan fingerprint density at radius 3 is 2.86 bits per heavy atom. The number of methoxy groups -OCH3 is 1. The van der Waals surface area contributed by atoms with Gasteiger partial charge in [-0.3, -0.25) is 9.88 Å². The topological polar surface area (TPSA) is 43.2 Å². The van der Waals surface area contributed by atoms with E-state index in [0.717, 1.165) is 48.6 Å². The monoisotopic (exact) mass is 286 g/mol. The highest BCUT2D eigenvalue weighted by molar-refractivity contribution is 5.41. The molecule has 5 nitrogen and oxygen atoms in total. The maximum absolute atomic E-state index is 5.49. The van der Waals surface area contributed by atoms with Crippen LogP contribution >= 0.6 is 0 Å². The molecule has 5 heteroatoms. The van der Waals surface area contributed by atoms with Gasteiger partial charge in [0.25, 0.3) is 0 Å². The first-order chi connectivity index (χ1) is 10.1. The van der Waals surface area contributed by atoms with E-state index in [-0.39, 0.29) is 0 Å². The van der Waals surface area contributed by atoms with Gasteiger partial charge in [-0.05, 0) is 13.8 Å². The van der Waals surface area contributed by atoms with Crippen molar-refractivity contribution in [3.8, 4) is 5.75 Å². The average Bonchev–Trinajstić information content (AvgIpc) is 2.84. The van der Waals surface area contributed by atoms with Gasteiger partial charge in [0.15, 0.2) is 0 Å². The van der Waals surface area contributed by atoms with Crippen molar-refractivity contribution in [1.29, 1.82) is 0 Å². The molecule has 0 fully saturated rings. The number of ether oxygens (including phenoxy) is 1. The third-order valence-corrected chi connectivity index (χ3v) is 4.31. The third kappa shape index (κ3) is 2.53. The number of aromatic nitrogens is 3. The Hall–Kier alpha value is -1.88. The normalized spacial score (nSPS) is 15.0. The third-order valence-electron chi connectivity index (χ3n) is 4.31. The minimum Gasteiger partial charge on any atom is -0.496 e. The molecular weight excluding hydrogens is 264 g/mol. The molecule has 2 aromatic rings. The molecule has 21 heavy (non-hydrogen) atoms. The molecule has 3 rings (SSSR count). The first-order valence-electron chi connectivity index (χ1n) is 7.30. The minimum atomic E-state index is 0.846. The second-order valence-electron chi connectivity index (χ2n) is 5.76. The van der Waals surface area contributed by atoms with Crippen LogP contribution in [0.3, 0.4) is 0 Å². The number of pyridine rings is 1. The molecule has 0 amide bonds. The molecule has 0 radical (unpaired) electrons. The van der Waals surface area contributed by atoms with E-state index < -0.39 is 0 Å². The van der Waals surface area contributed by atoms with Gasteiger partial charge in [0.1, 0.15) is 5.75 Å². The molecular formula is C16H22N4O. The zero-order valence-corrected chi connectivity index (χ0v) is 13.2. The highest BCUT2D eigenvalue weighted by atomic mass is 16.5. The summed E-state index contributed by atoms with van der Waals surface area (Å²) < 4.78 is 7.62. The summed E-state index contributed by atoms with van der Waals surface area (Å²) in [6.07, 6.45) is 4.86. The summed E-state index contributed by atoms with van der Waals surface area (Å²) in [7, 11) is 3.79. The van der Waals surface area contributed by atoms with Gasteiger partial charge in [0, 0.05) is 56.1 Å². The number of fused-ring (bicyclic) bond motifs is 1. The smallest absolute Gasteiger partial charge is 0.128 e. The Morgan fingerprint density at radius 2 is 2.10 bits per heavy atom. The number of imidazole rings is 1. The van der Waals surface area contributed by atoms with Crippen LogP contribution in [0.5, 0.6) is 5.75 Å². The van der Waals surface area contributed by atoms with E-state index in [1.807, 2.05) is 19.4 Å². The Morgan fingerprint density at radius 1 is 1.29 bits per heavy atom. The largest absolute Gasteiger partial charge is 0.496 e. The molecule has 2 aromatic heterocycles. The van der Waals surface area contributed by atoms with Crippen LogP contribution in [0.2, 0.25) is 0 Å². The van der Waals surface area contributed by atoms with Crippen LogP contribution < -0.4 is 4.74 Å². The maximum atomic E-state index is 5.49. The zero-order valence-electron chi connectivity index (χ0n) is 13.2. The molecule has 0 atom stereocenters. The van der Waals surface area contributed by atoms with Crippen molar-refractivity contribution in [3.05, 3.63) is 40.7 Å². The minimum absolute atomic E-state index is 0.846. The molecule has 0 saturated carbocycles. The van der Waals surface area contributed by atoms with Gasteiger partial charge in [0.2, 0.25) is 0 Å². The van der Waals surface area contributed by atoms with E-state index in [2.05, 4.69) is 33.4 Å². The Balaban J connectivity index is 1.79. The number of nitrogens with zero attached hydrogens (tertiary/aromatic N) is 4. The van der Waals surface area contributed by atoms with Crippen molar-refractivity contribution < 1.29 is 4.74 Å². The number of hydrogen-bond acceptors (Lipinski definition) is 4. The van der Waals surface area contributed by atoms with Gasteiger partial charge in [-0.25, -0.2) is 4.98 Å². The first kappa shape index (κ1) is 14.1. The second-order valence-corrected chi connectivity index (χ2v) is 5.76. The van der Waals surface area contributed by atoms with Crippen molar-refractivity contribution in [3.63, 3.8) is 0 Å². The summed E-state index contributed by atoms with van der Waals surface area (Å²) in [4.78, 5) is 11.5. The summed E-state index contributed by atoms with van der Waals surface area (Å²) in [5, 5.41) is 0. The molecule has 0 unspecified atom stereocenters. The fourth-order valence-corrected chi connectivity index (χ4v) is 3.09. The lowest BCUT2D eigenvalue weighted by Crippen LogP contribution is -2.31. The number of aryl methyl sites for hydroxylation is 2. The second kappa shape index (κ2) is 5.48. The molecule has 0 bridgehead atoms. The van der Waals surface area contributed by atoms with E-state index in [1.165, 1.54) is 11.4 Å². The fraction of sp³-hybridized carbons (Fsp3) is 0.500. The van der Waals surface area contributed by atoms with Crippen LogP contribution in [0.25, 0.3) is 0 Å². The lowest BCUT2D eigenvalue weighted by atomic mass is 10.1. The molecule has 0 saturated heterocycles. The Bertz CT molecular complexity index is 663. The zero-order chi connectivity index (χ0) is 15.0. The molecule has 0 N–H and O–H groups in total. The summed E-state index contributed by atoms with van der Waals surface area (Å²) in [6, 6.07) is 0. The van der Waals surface area contributed by atoms with Gasteiger partial charge < -0.3 is 9.30 Å². The highest BCUT2D eigenvalue weighted by Gasteiger charge is 2.21. The summed E-state index contributed by atoms with van der Waals surface area (Å²) in [6.45, 7) is 6.91. The molecule has 112 valence electrons. The first-order valence-corrected chi connectivity index (χ1v) is 7.30. The molecule has 0 aromatic carbocycles. The van der Waals surface area contributed by atoms with Gasteiger partial charge >= 0.3 is 0 Å². The average molecular weight is 286 g/mol. The van der Waals surface area contributed by atoms with Gasteiger partial charge in [-0.15, -0.1) is 0 Å². The molecule has 1 aliphatic rings. The van der Waals surface area contributed by atoms with Crippen LogP contribution in [-0.2, 0) is 26.6 Å². The van der Waals surface area contributed by atoms with Crippen LogP contribution in [0, 0.1) is 13.8 Å². The van der Waals surface area contributed by atoms with Crippen molar-refractivity contribution in [2.45, 2.75) is 33.4 Å². The van der Waals surface area contributed by atoms with Gasteiger partial charge in [-0.1, -0.05) is 0 Å². The predicted molar refractivity (Wildman–Crippen MR) is 81.3 cm³/mol. The Kier molecular flexibility index (Phi) is 3.68. The standard InChI is InChI=1S/C16H22N4O/c1-11-7-17-13(12(2)16(11)21-4)8-20-6-5-15-14(9-20)18-10-19(15)3/h7,10H,5-6,8-9H2,1-4H3. The van der Waals surface area contributed by atoms with Gasteiger partial charge in [0.05, 0.1) is 24.8 Å². The highest BCUT2D eigenvalue weighted by Crippen LogP contribution is 2.26. The summed E-state index contributed by atoms with van der Waals surface area (Å²) >= 11 is 0. The van der Waals surface area contributed by atoms with Crippen molar-refractivity contribution in [2.24, 2.45) is 7.05 Å². The molecule has 3 heterocycles. The quantitative estimate of drug-likeness (QED) is 0.865. The van der Waals surface area contributed by atoms with E-state index >= 15 is 0 Å². The maximum Gasteiger partial charge on any atom is 0.128 e. The summed E-state index contributed by atoms with van der Waals surface area (Å²) in [5.74, 6) is 0.954. The van der Waals surface area contributed by atoms with E-state index in [9.17, 15) is 0 Å². The van der Waals surface area contributed by atoms with E-state index in [4.69, 9.17) is 4.74 Å². The van der Waals surface area contributed by atoms with Crippen LogP contribution in [0.15, 0.2) is 12.5 Å². The summed E-state index contributed by atoms with van der Waals surface area (Å²) in [5.41, 5.74) is 5.88. The van der Waals surface area contributed by atoms with Crippen molar-refractivity contribution in [2.75, 3.05) is 13.7 Å². The number of hydrogen-bond donors (Lipinski definition) is 0. The molecule has 1 aliphatic heterocycles. The van der Waals surface area contributed by atoms with Crippen LogP contribution in [0.1, 0.15) is 28.2 Å². The lowest BCUT2D eigenvalue weighted by molar-refractivity contribution is 0.236. The van der Waals surface area contributed by atoms with Crippen LogP contribution in [0.4, 0.5) is 0 Å². The Labute approximate surface area is 125 Å². The SMILES string of the molecule is COc1c(C)cnc(CN2CCc3c(ncn3C)C2)c1C. The molecule has 0 spiro atoms. The predicted octanol–water partition coefficient (Wildman–Crippen LogP) is 2.00. The molecule has 0 aliphatic carbocycles. The van der Waals surface area contributed by atoms with Crippen molar-refractivity contribution in [1.82, 2.24) is 19.4 Å². The lowest BCUT2D eigenvalue weighted by Gasteiger charge is -2.27. The van der Waals surface area contributed by atoms with E-state index in [0.29, 0.717) is 0 Å². The van der Waals surface area contributed by atoms with Crippen molar-refractivity contribution >= 4 is 0 Å². The van der Waals surface area contributed by atoms with Gasteiger partial charge in [-0.2, -0.15) is 0 Å².